The molecule has 2 rings (SSSR count). The van der Waals surface area contributed by atoms with E-state index in [2.05, 4.69) is 17.6 Å². The molecule has 0 spiro atoms. The third-order valence-electron chi connectivity index (χ3n) is 3.54. The van der Waals surface area contributed by atoms with Crippen molar-refractivity contribution in [3.63, 3.8) is 0 Å². The van der Waals surface area contributed by atoms with E-state index >= 15 is 0 Å². The van der Waals surface area contributed by atoms with Crippen molar-refractivity contribution in [1.29, 1.82) is 0 Å². The van der Waals surface area contributed by atoms with Gasteiger partial charge in [0.1, 0.15) is 0 Å². The van der Waals surface area contributed by atoms with Gasteiger partial charge in [-0.15, -0.1) is 0 Å². The van der Waals surface area contributed by atoms with E-state index in [1.807, 2.05) is 24.3 Å². The van der Waals surface area contributed by atoms with Gasteiger partial charge < -0.3 is 10.6 Å². The third kappa shape index (κ3) is 3.57. The quantitative estimate of drug-likeness (QED) is 0.857. The largest absolute Gasteiger partial charge is 0.349 e. The average Bonchev–Trinajstić information content (AvgIpc) is 2.67. The van der Waals surface area contributed by atoms with Crippen LogP contribution in [-0.4, -0.2) is 25.0 Å². The van der Waals surface area contributed by atoms with E-state index in [1.54, 1.807) is 0 Å². The van der Waals surface area contributed by atoms with Crippen LogP contribution in [0.5, 0.6) is 0 Å². The topological polar surface area (TPSA) is 41.1 Å². The molecule has 1 aromatic carbocycles. The molecular weight excluding hydrogens is 224 g/mol. The SMILES string of the molecule is CCc1ccc(C(=O)NC2CCCNCC2)cc1. The number of rotatable bonds is 3. The van der Waals surface area contributed by atoms with E-state index in [4.69, 9.17) is 0 Å². The van der Waals surface area contributed by atoms with Crippen molar-refractivity contribution in [2.24, 2.45) is 0 Å². The van der Waals surface area contributed by atoms with Gasteiger partial charge in [0.05, 0.1) is 0 Å². The van der Waals surface area contributed by atoms with Gasteiger partial charge in [-0.2, -0.15) is 0 Å². The third-order valence-corrected chi connectivity index (χ3v) is 3.54. The van der Waals surface area contributed by atoms with Crippen LogP contribution in [0.15, 0.2) is 24.3 Å². The Balaban J connectivity index is 1.93. The van der Waals surface area contributed by atoms with E-state index in [1.165, 1.54) is 5.56 Å². The number of carbonyl (C=O) groups excluding carboxylic acids is 1. The number of benzene rings is 1. The van der Waals surface area contributed by atoms with Crippen LogP contribution in [0.2, 0.25) is 0 Å². The van der Waals surface area contributed by atoms with Crippen molar-refractivity contribution in [2.75, 3.05) is 13.1 Å². The minimum atomic E-state index is 0.0598. The second-order valence-electron chi connectivity index (χ2n) is 4.90. The molecule has 18 heavy (non-hydrogen) atoms. The highest BCUT2D eigenvalue weighted by atomic mass is 16.1. The molecule has 1 saturated heterocycles. The maximum absolute atomic E-state index is 12.1. The molecule has 1 fully saturated rings. The van der Waals surface area contributed by atoms with E-state index in [-0.39, 0.29) is 5.91 Å². The highest BCUT2D eigenvalue weighted by Gasteiger charge is 2.15. The lowest BCUT2D eigenvalue weighted by molar-refractivity contribution is 0.0934. The number of carbonyl (C=O) groups is 1. The summed E-state index contributed by atoms with van der Waals surface area (Å²) in [6.07, 6.45) is 4.25. The van der Waals surface area contributed by atoms with E-state index in [9.17, 15) is 4.79 Å². The summed E-state index contributed by atoms with van der Waals surface area (Å²) in [6.45, 7) is 4.19. The Kier molecular flexibility index (Phi) is 4.76. The molecule has 0 aromatic heterocycles. The molecule has 0 saturated carbocycles. The lowest BCUT2D eigenvalue weighted by Gasteiger charge is -2.16. The summed E-state index contributed by atoms with van der Waals surface area (Å²) in [7, 11) is 0. The number of aryl methyl sites for hydroxylation is 1. The monoisotopic (exact) mass is 246 g/mol. The van der Waals surface area contributed by atoms with Gasteiger partial charge in [0, 0.05) is 11.6 Å². The van der Waals surface area contributed by atoms with Gasteiger partial charge >= 0.3 is 0 Å². The van der Waals surface area contributed by atoms with Crippen LogP contribution in [0.3, 0.4) is 0 Å². The smallest absolute Gasteiger partial charge is 0.251 e. The zero-order chi connectivity index (χ0) is 12.8. The fourth-order valence-electron chi connectivity index (χ4n) is 2.32. The van der Waals surface area contributed by atoms with Gasteiger partial charge in [0.15, 0.2) is 0 Å². The molecule has 1 aliphatic rings. The van der Waals surface area contributed by atoms with Crippen molar-refractivity contribution in [2.45, 2.75) is 38.6 Å². The maximum Gasteiger partial charge on any atom is 0.251 e. The number of hydrogen-bond acceptors (Lipinski definition) is 2. The summed E-state index contributed by atoms with van der Waals surface area (Å²) < 4.78 is 0. The molecule has 0 bridgehead atoms. The van der Waals surface area contributed by atoms with Crippen molar-refractivity contribution in [3.05, 3.63) is 35.4 Å². The highest BCUT2D eigenvalue weighted by molar-refractivity contribution is 5.94. The first kappa shape index (κ1) is 13.1. The number of nitrogens with one attached hydrogen (secondary N) is 2. The summed E-state index contributed by atoms with van der Waals surface area (Å²) in [6, 6.07) is 8.22. The highest BCUT2D eigenvalue weighted by Crippen LogP contribution is 2.08. The normalized spacial score (nSPS) is 20.2. The Morgan fingerprint density at radius 2 is 2.06 bits per heavy atom. The number of amides is 1. The summed E-state index contributed by atoms with van der Waals surface area (Å²) in [5, 5.41) is 6.49. The van der Waals surface area contributed by atoms with Gasteiger partial charge in [0.25, 0.3) is 5.91 Å². The average molecular weight is 246 g/mol. The molecule has 1 unspecified atom stereocenters. The molecule has 3 heteroatoms. The summed E-state index contributed by atoms with van der Waals surface area (Å²) >= 11 is 0. The molecule has 1 heterocycles. The predicted molar refractivity (Wildman–Crippen MR) is 73.8 cm³/mol. The van der Waals surface area contributed by atoms with Crippen molar-refractivity contribution in [3.8, 4) is 0 Å². The van der Waals surface area contributed by atoms with Gasteiger partial charge in [0.2, 0.25) is 0 Å². The molecule has 1 aliphatic heterocycles. The van der Waals surface area contributed by atoms with Gasteiger partial charge in [-0.1, -0.05) is 19.1 Å². The molecule has 2 N–H and O–H groups in total. The summed E-state index contributed by atoms with van der Waals surface area (Å²) in [5.74, 6) is 0.0598. The zero-order valence-corrected chi connectivity index (χ0v) is 11.0. The van der Waals surface area contributed by atoms with E-state index in [0.717, 1.165) is 44.3 Å². The fourth-order valence-corrected chi connectivity index (χ4v) is 2.32. The second kappa shape index (κ2) is 6.55. The molecular formula is C15H22N2O. The van der Waals surface area contributed by atoms with Crippen LogP contribution in [-0.2, 0) is 6.42 Å². The summed E-state index contributed by atoms with van der Waals surface area (Å²) in [5.41, 5.74) is 2.04. The van der Waals surface area contributed by atoms with Crippen molar-refractivity contribution >= 4 is 5.91 Å². The molecule has 0 radical (unpaired) electrons. The lowest BCUT2D eigenvalue weighted by Crippen LogP contribution is -2.35. The minimum absolute atomic E-state index is 0.0598. The second-order valence-corrected chi connectivity index (χ2v) is 4.90. The van der Waals surface area contributed by atoms with Crippen LogP contribution in [0, 0.1) is 0 Å². The first-order valence-corrected chi connectivity index (χ1v) is 6.90. The molecule has 1 atom stereocenters. The number of hydrogen-bond donors (Lipinski definition) is 2. The van der Waals surface area contributed by atoms with Gasteiger partial charge in [-0.3, -0.25) is 4.79 Å². The first-order chi connectivity index (χ1) is 8.79. The Bertz CT molecular complexity index is 378. The van der Waals surface area contributed by atoms with Gasteiger partial charge in [-0.05, 0) is 56.5 Å². The van der Waals surface area contributed by atoms with Gasteiger partial charge in [-0.25, -0.2) is 0 Å². The van der Waals surface area contributed by atoms with E-state index < -0.39 is 0 Å². The maximum atomic E-state index is 12.1. The van der Waals surface area contributed by atoms with Crippen LogP contribution in [0.4, 0.5) is 0 Å². The minimum Gasteiger partial charge on any atom is -0.349 e. The molecule has 3 nitrogen and oxygen atoms in total. The molecule has 98 valence electrons. The molecule has 1 amide bonds. The first-order valence-electron chi connectivity index (χ1n) is 6.90. The Morgan fingerprint density at radius 1 is 1.28 bits per heavy atom. The molecule has 1 aromatic rings. The van der Waals surface area contributed by atoms with E-state index in [0.29, 0.717) is 6.04 Å². The lowest BCUT2D eigenvalue weighted by atomic mass is 10.1. The summed E-state index contributed by atoms with van der Waals surface area (Å²) in [4.78, 5) is 12.1. The van der Waals surface area contributed by atoms with Crippen LogP contribution in [0.25, 0.3) is 0 Å². The Labute approximate surface area is 109 Å². The zero-order valence-electron chi connectivity index (χ0n) is 11.0. The fraction of sp³-hybridized carbons (Fsp3) is 0.533. The van der Waals surface area contributed by atoms with Crippen LogP contribution >= 0.6 is 0 Å². The van der Waals surface area contributed by atoms with Crippen molar-refractivity contribution < 1.29 is 4.79 Å². The van der Waals surface area contributed by atoms with Crippen molar-refractivity contribution in [1.82, 2.24) is 10.6 Å². The predicted octanol–water partition coefficient (Wildman–Crippen LogP) is 2.12. The Morgan fingerprint density at radius 3 is 2.78 bits per heavy atom. The Hall–Kier alpha value is -1.35. The van der Waals surface area contributed by atoms with Crippen LogP contribution in [0.1, 0.15) is 42.1 Å². The standard InChI is InChI=1S/C15H22N2O/c1-2-12-5-7-13(8-6-12)15(18)17-14-4-3-10-16-11-9-14/h5-8,14,16H,2-4,9-11H2,1H3,(H,17,18). The van der Waals surface area contributed by atoms with Crippen LogP contribution < -0.4 is 10.6 Å². The molecule has 0 aliphatic carbocycles.